The molecule has 1 aromatic rings. The highest BCUT2D eigenvalue weighted by Crippen LogP contribution is 2.22. The summed E-state index contributed by atoms with van der Waals surface area (Å²) in [5.74, 6) is 0.774. The Morgan fingerprint density at radius 2 is 1.82 bits per heavy atom. The zero-order valence-corrected chi connectivity index (χ0v) is 13.5. The normalized spacial score (nSPS) is 15.5. The van der Waals surface area contributed by atoms with Gasteiger partial charge in [-0.05, 0) is 37.8 Å². The van der Waals surface area contributed by atoms with E-state index in [1.54, 1.807) is 6.92 Å². The van der Waals surface area contributed by atoms with Crippen LogP contribution in [0.3, 0.4) is 0 Å². The fourth-order valence-corrected chi connectivity index (χ4v) is 2.77. The van der Waals surface area contributed by atoms with E-state index in [9.17, 15) is 9.59 Å². The van der Waals surface area contributed by atoms with Crippen molar-refractivity contribution in [1.82, 2.24) is 10.2 Å². The van der Waals surface area contributed by atoms with Gasteiger partial charge in [-0.15, -0.1) is 0 Å². The van der Waals surface area contributed by atoms with Crippen LogP contribution in [-0.4, -0.2) is 42.5 Å². The molecule has 1 N–H and O–H groups in total. The molecule has 1 aliphatic rings. The quantitative estimate of drug-likeness (QED) is 0.923. The van der Waals surface area contributed by atoms with E-state index in [4.69, 9.17) is 4.74 Å². The Balaban J connectivity index is 1.78. The molecule has 0 saturated carbocycles. The number of amides is 2. The number of hydrogen-bond donors (Lipinski definition) is 1. The molecule has 0 unspecified atom stereocenters. The van der Waals surface area contributed by atoms with Crippen LogP contribution in [0.4, 0.5) is 0 Å². The number of nitrogens with one attached hydrogen (secondary N) is 1. The van der Waals surface area contributed by atoms with E-state index in [0.29, 0.717) is 13.1 Å². The summed E-state index contributed by atoms with van der Waals surface area (Å²) in [6.45, 7) is 6.96. The number of likely N-dealkylation sites (tertiary alicyclic amines) is 1. The number of para-hydroxylation sites is 1. The van der Waals surface area contributed by atoms with E-state index >= 15 is 0 Å². The monoisotopic (exact) mass is 304 g/mol. The van der Waals surface area contributed by atoms with Crippen LogP contribution in [0.25, 0.3) is 0 Å². The molecule has 2 rings (SSSR count). The molecular formula is C17H24N2O3. The van der Waals surface area contributed by atoms with Crippen molar-refractivity contribution in [2.75, 3.05) is 19.7 Å². The number of ether oxygens (including phenoxy) is 1. The maximum absolute atomic E-state index is 12.0. The van der Waals surface area contributed by atoms with Gasteiger partial charge in [0.1, 0.15) is 5.75 Å². The van der Waals surface area contributed by atoms with Crippen LogP contribution in [0.5, 0.6) is 5.75 Å². The van der Waals surface area contributed by atoms with Crippen LogP contribution < -0.4 is 10.1 Å². The lowest BCUT2D eigenvalue weighted by molar-refractivity contribution is -0.130. The molecule has 1 aliphatic heterocycles. The van der Waals surface area contributed by atoms with Gasteiger partial charge in [-0.1, -0.05) is 18.2 Å². The van der Waals surface area contributed by atoms with Gasteiger partial charge in [-0.2, -0.15) is 0 Å². The summed E-state index contributed by atoms with van der Waals surface area (Å²) in [5.41, 5.74) is 2.06. The van der Waals surface area contributed by atoms with E-state index in [1.807, 2.05) is 36.9 Å². The van der Waals surface area contributed by atoms with E-state index in [-0.39, 0.29) is 24.5 Å². The van der Waals surface area contributed by atoms with E-state index < -0.39 is 0 Å². The second-order valence-corrected chi connectivity index (χ2v) is 5.86. The van der Waals surface area contributed by atoms with Gasteiger partial charge in [0.05, 0.1) is 0 Å². The van der Waals surface area contributed by atoms with Gasteiger partial charge in [0.25, 0.3) is 5.91 Å². The van der Waals surface area contributed by atoms with Crippen LogP contribution in [0.15, 0.2) is 18.2 Å². The average Bonchev–Trinajstić information content (AvgIpc) is 2.47. The first kappa shape index (κ1) is 16.3. The molecular weight excluding hydrogens is 280 g/mol. The van der Waals surface area contributed by atoms with Crippen LogP contribution in [0, 0.1) is 13.8 Å². The number of hydrogen-bond acceptors (Lipinski definition) is 3. The second kappa shape index (κ2) is 7.29. The molecule has 0 aliphatic carbocycles. The molecule has 2 amide bonds. The third-order valence-electron chi connectivity index (χ3n) is 4.06. The molecule has 22 heavy (non-hydrogen) atoms. The maximum Gasteiger partial charge on any atom is 0.258 e. The predicted molar refractivity (Wildman–Crippen MR) is 84.8 cm³/mol. The number of carbonyl (C=O) groups is 2. The molecule has 5 heteroatoms. The number of rotatable bonds is 4. The summed E-state index contributed by atoms with van der Waals surface area (Å²) < 4.78 is 5.65. The summed E-state index contributed by atoms with van der Waals surface area (Å²) in [6.07, 6.45) is 1.60. The molecule has 0 radical (unpaired) electrons. The summed E-state index contributed by atoms with van der Waals surface area (Å²) in [4.78, 5) is 25.1. The highest BCUT2D eigenvalue weighted by atomic mass is 16.5. The molecule has 0 aromatic heterocycles. The van der Waals surface area contributed by atoms with Crippen molar-refractivity contribution in [3.63, 3.8) is 0 Å². The fourth-order valence-electron chi connectivity index (χ4n) is 2.77. The number of carbonyl (C=O) groups excluding carboxylic acids is 2. The SMILES string of the molecule is CC(=O)N1CCC(NC(=O)COc2c(C)cccc2C)CC1. The van der Waals surface area contributed by atoms with Gasteiger partial charge < -0.3 is 15.0 Å². The zero-order chi connectivity index (χ0) is 16.1. The molecule has 1 heterocycles. The highest BCUT2D eigenvalue weighted by molar-refractivity contribution is 5.78. The Hall–Kier alpha value is -2.04. The fraction of sp³-hybridized carbons (Fsp3) is 0.529. The van der Waals surface area contributed by atoms with E-state index in [1.165, 1.54) is 0 Å². The molecule has 0 spiro atoms. The Bertz CT molecular complexity index is 529. The van der Waals surface area contributed by atoms with Crippen molar-refractivity contribution < 1.29 is 14.3 Å². The molecule has 0 atom stereocenters. The third-order valence-corrected chi connectivity index (χ3v) is 4.06. The minimum Gasteiger partial charge on any atom is -0.483 e. The van der Waals surface area contributed by atoms with Crippen LogP contribution in [-0.2, 0) is 9.59 Å². The van der Waals surface area contributed by atoms with Crippen LogP contribution in [0.2, 0.25) is 0 Å². The zero-order valence-electron chi connectivity index (χ0n) is 13.5. The maximum atomic E-state index is 12.0. The molecule has 1 fully saturated rings. The number of benzene rings is 1. The van der Waals surface area contributed by atoms with E-state index in [2.05, 4.69) is 5.32 Å². The standard InChI is InChI=1S/C17H24N2O3/c1-12-5-4-6-13(2)17(12)22-11-16(21)18-15-7-9-19(10-8-15)14(3)20/h4-6,15H,7-11H2,1-3H3,(H,18,21). The first-order valence-electron chi connectivity index (χ1n) is 7.71. The lowest BCUT2D eigenvalue weighted by atomic mass is 10.1. The van der Waals surface area contributed by atoms with Crippen LogP contribution in [0.1, 0.15) is 30.9 Å². The van der Waals surface area contributed by atoms with Gasteiger partial charge in [0.15, 0.2) is 6.61 Å². The number of aryl methyl sites for hydroxylation is 2. The minimum atomic E-state index is -0.107. The van der Waals surface area contributed by atoms with Gasteiger partial charge in [-0.3, -0.25) is 9.59 Å². The number of nitrogens with zero attached hydrogens (tertiary/aromatic N) is 1. The van der Waals surface area contributed by atoms with Crippen molar-refractivity contribution in [2.24, 2.45) is 0 Å². The Morgan fingerprint density at radius 1 is 1.23 bits per heavy atom. The second-order valence-electron chi connectivity index (χ2n) is 5.86. The largest absolute Gasteiger partial charge is 0.483 e. The topological polar surface area (TPSA) is 58.6 Å². The van der Waals surface area contributed by atoms with Crippen LogP contribution >= 0.6 is 0 Å². The first-order chi connectivity index (χ1) is 10.5. The lowest BCUT2D eigenvalue weighted by Gasteiger charge is -2.31. The summed E-state index contributed by atoms with van der Waals surface area (Å²) in [7, 11) is 0. The lowest BCUT2D eigenvalue weighted by Crippen LogP contribution is -2.47. The molecule has 5 nitrogen and oxygen atoms in total. The first-order valence-corrected chi connectivity index (χ1v) is 7.71. The van der Waals surface area contributed by atoms with Crippen molar-refractivity contribution in [3.8, 4) is 5.75 Å². The third kappa shape index (κ3) is 4.23. The van der Waals surface area contributed by atoms with Gasteiger partial charge in [0, 0.05) is 26.1 Å². The van der Waals surface area contributed by atoms with Gasteiger partial charge >= 0.3 is 0 Å². The predicted octanol–water partition coefficient (Wildman–Crippen LogP) is 1.81. The smallest absolute Gasteiger partial charge is 0.258 e. The van der Waals surface area contributed by atoms with Gasteiger partial charge in [-0.25, -0.2) is 0 Å². The van der Waals surface area contributed by atoms with E-state index in [0.717, 1.165) is 29.7 Å². The number of piperidine rings is 1. The Kier molecular flexibility index (Phi) is 5.41. The molecule has 1 saturated heterocycles. The average molecular weight is 304 g/mol. The summed E-state index contributed by atoms with van der Waals surface area (Å²) in [6, 6.07) is 6.04. The summed E-state index contributed by atoms with van der Waals surface area (Å²) >= 11 is 0. The molecule has 0 bridgehead atoms. The van der Waals surface area contributed by atoms with Crippen molar-refractivity contribution >= 4 is 11.8 Å². The van der Waals surface area contributed by atoms with Crippen molar-refractivity contribution in [1.29, 1.82) is 0 Å². The molecule has 1 aromatic carbocycles. The Morgan fingerprint density at radius 3 is 2.36 bits per heavy atom. The highest BCUT2D eigenvalue weighted by Gasteiger charge is 2.22. The van der Waals surface area contributed by atoms with Crippen molar-refractivity contribution in [2.45, 2.75) is 39.7 Å². The molecule has 120 valence electrons. The van der Waals surface area contributed by atoms with Gasteiger partial charge in [0.2, 0.25) is 5.91 Å². The minimum absolute atomic E-state index is 0.0264. The van der Waals surface area contributed by atoms with Crippen molar-refractivity contribution in [3.05, 3.63) is 29.3 Å². The Labute approximate surface area is 131 Å². The summed E-state index contributed by atoms with van der Waals surface area (Å²) in [5, 5.41) is 2.99.